The Labute approximate surface area is 180 Å². The fourth-order valence-electron chi connectivity index (χ4n) is 4.32. The Balaban J connectivity index is 1.49. The molecule has 0 aromatic heterocycles. The number of aryl methyl sites for hydroxylation is 2. The Hall–Kier alpha value is -1.93. The van der Waals surface area contributed by atoms with E-state index in [9.17, 15) is 18.0 Å². The number of carbonyl (C=O) groups excluding carboxylic acids is 2. The second-order valence-corrected chi connectivity index (χ2v) is 10.4. The van der Waals surface area contributed by atoms with Gasteiger partial charge in [0.1, 0.15) is 0 Å². The second kappa shape index (κ2) is 9.47. The molecule has 2 aliphatic rings. The third-order valence-electron chi connectivity index (χ3n) is 6.38. The zero-order valence-electron chi connectivity index (χ0n) is 18.3. The number of piperazine rings is 1. The van der Waals surface area contributed by atoms with Gasteiger partial charge < -0.3 is 9.80 Å². The molecular weight excluding hydrogens is 402 g/mol. The number of carbonyl (C=O) groups is 2. The summed E-state index contributed by atoms with van der Waals surface area (Å²) in [7, 11) is -3.54. The van der Waals surface area contributed by atoms with Gasteiger partial charge in [-0.05, 0) is 56.2 Å². The van der Waals surface area contributed by atoms with Gasteiger partial charge in [-0.25, -0.2) is 8.42 Å². The Morgan fingerprint density at radius 1 is 0.967 bits per heavy atom. The number of amides is 2. The van der Waals surface area contributed by atoms with Crippen molar-refractivity contribution >= 4 is 21.8 Å². The Kier molecular flexibility index (Phi) is 7.18. The van der Waals surface area contributed by atoms with Crippen molar-refractivity contribution in [2.24, 2.45) is 5.92 Å². The van der Waals surface area contributed by atoms with E-state index >= 15 is 0 Å². The van der Waals surface area contributed by atoms with Gasteiger partial charge in [-0.2, -0.15) is 4.31 Å². The fourth-order valence-corrected chi connectivity index (χ4v) is 6.06. The molecule has 0 spiro atoms. The van der Waals surface area contributed by atoms with Gasteiger partial charge in [0, 0.05) is 52.6 Å². The van der Waals surface area contributed by atoms with Gasteiger partial charge in [0.25, 0.3) is 0 Å². The number of nitrogens with zero attached hydrogens (tertiary/aromatic N) is 3. The smallest absolute Gasteiger partial charge is 0.243 e. The molecule has 2 fully saturated rings. The van der Waals surface area contributed by atoms with Crippen LogP contribution in [0.25, 0.3) is 0 Å². The summed E-state index contributed by atoms with van der Waals surface area (Å²) in [4.78, 5) is 28.1. The summed E-state index contributed by atoms with van der Waals surface area (Å²) >= 11 is 0. The van der Waals surface area contributed by atoms with Gasteiger partial charge >= 0.3 is 0 Å². The molecule has 0 bridgehead atoms. The van der Waals surface area contributed by atoms with E-state index in [0.717, 1.165) is 43.5 Å². The van der Waals surface area contributed by atoms with Crippen molar-refractivity contribution in [1.29, 1.82) is 0 Å². The predicted molar refractivity (Wildman–Crippen MR) is 115 cm³/mol. The van der Waals surface area contributed by atoms with Crippen LogP contribution < -0.4 is 0 Å². The van der Waals surface area contributed by atoms with Crippen molar-refractivity contribution in [3.05, 3.63) is 29.3 Å². The van der Waals surface area contributed by atoms with E-state index in [1.807, 2.05) is 30.9 Å². The number of piperidine rings is 1. The Morgan fingerprint density at radius 2 is 1.60 bits per heavy atom. The number of hydrogen-bond acceptors (Lipinski definition) is 4. The van der Waals surface area contributed by atoms with E-state index in [2.05, 4.69) is 0 Å². The molecule has 8 heteroatoms. The highest BCUT2D eigenvalue weighted by molar-refractivity contribution is 7.89. The van der Waals surface area contributed by atoms with Crippen molar-refractivity contribution in [3.8, 4) is 0 Å². The lowest BCUT2D eigenvalue weighted by atomic mass is 9.92. The fraction of sp³-hybridized carbons (Fsp3) is 0.636. The third kappa shape index (κ3) is 5.21. The standard InChI is InChI=1S/C22H33N3O4S/c1-17-4-5-18(2)21(16-17)30(28,29)25-14-12-24(13-15-25)22(27)7-6-20-8-10-23(11-9-20)19(3)26/h4-5,16,20H,6-15H2,1-3H3. The maximum absolute atomic E-state index is 13.0. The zero-order valence-corrected chi connectivity index (χ0v) is 19.1. The molecule has 0 atom stereocenters. The van der Waals surface area contributed by atoms with Gasteiger partial charge in [0.05, 0.1) is 4.90 Å². The highest BCUT2D eigenvalue weighted by atomic mass is 32.2. The van der Waals surface area contributed by atoms with Crippen LogP contribution in [0.2, 0.25) is 0 Å². The van der Waals surface area contributed by atoms with Crippen molar-refractivity contribution in [2.45, 2.75) is 51.3 Å². The summed E-state index contributed by atoms with van der Waals surface area (Å²) in [5, 5.41) is 0. The lowest BCUT2D eigenvalue weighted by Gasteiger charge is -2.35. The van der Waals surface area contributed by atoms with Crippen LogP contribution in [0.15, 0.2) is 23.1 Å². The quantitative estimate of drug-likeness (QED) is 0.710. The van der Waals surface area contributed by atoms with Crippen molar-refractivity contribution < 1.29 is 18.0 Å². The van der Waals surface area contributed by atoms with Crippen LogP contribution >= 0.6 is 0 Å². The van der Waals surface area contributed by atoms with E-state index < -0.39 is 10.0 Å². The average Bonchev–Trinajstić information content (AvgIpc) is 2.74. The number of rotatable bonds is 5. The molecular formula is C22H33N3O4S. The maximum atomic E-state index is 13.0. The number of benzene rings is 1. The van der Waals surface area contributed by atoms with Crippen molar-refractivity contribution in [3.63, 3.8) is 0 Å². The molecule has 2 amide bonds. The minimum absolute atomic E-state index is 0.104. The minimum Gasteiger partial charge on any atom is -0.343 e. The number of likely N-dealkylation sites (tertiary alicyclic amines) is 1. The van der Waals surface area contributed by atoms with Crippen LogP contribution in [0.3, 0.4) is 0 Å². The molecule has 0 aliphatic carbocycles. The molecule has 0 N–H and O–H groups in total. The first-order valence-electron chi connectivity index (χ1n) is 10.8. The summed E-state index contributed by atoms with van der Waals surface area (Å²) < 4.78 is 27.6. The lowest BCUT2D eigenvalue weighted by molar-refractivity contribution is -0.133. The highest BCUT2D eigenvalue weighted by Gasteiger charge is 2.31. The average molecular weight is 436 g/mol. The molecule has 2 heterocycles. The molecule has 1 aromatic rings. The van der Waals surface area contributed by atoms with Crippen LogP contribution in [0, 0.1) is 19.8 Å². The predicted octanol–water partition coefficient (Wildman–Crippen LogP) is 2.18. The number of sulfonamides is 1. The monoisotopic (exact) mass is 435 g/mol. The van der Waals surface area contributed by atoms with E-state index in [1.54, 1.807) is 17.9 Å². The first-order chi connectivity index (χ1) is 14.2. The molecule has 30 heavy (non-hydrogen) atoms. The first-order valence-corrected chi connectivity index (χ1v) is 12.2. The minimum atomic E-state index is -3.54. The zero-order chi connectivity index (χ0) is 21.9. The Bertz CT molecular complexity index is 884. The van der Waals surface area contributed by atoms with Gasteiger partial charge in [-0.15, -0.1) is 0 Å². The second-order valence-electron chi connectivity index (χ2n) is 8.54. The summed E-state index contributed by atoms with van der Waals surface area (Å²) in [6.45, 7) is 8.40. The summed E-state index contributed by atoms with van der Waals surface area (Å²) in [6.07, 6.45) is 3.24. The SMILES string of the molecule is CC(=O)N1CCC(CCC(=O)N2CCN(S(=O)(=O)c3cc(C)ccc3C)CC2)CC1. The maximum Gasteiger partial charge on any atom is 0.243 e. The molecule has 7 nitrogen and oxygen atoms in total. The van der Waals surface area contributed by atoms with Crippen LogP contribution in [0.5, 0.6) is 0 Å². The van der Waals surface area contributed by atoms with Crippen molar-refractivity contribution in [2.75, 3.05) is 39.3 Å². The summed E-state index contributed by atoms with van der Waals surface area (Å²) in [5.41, 5.74) is 1.66. The van der Waals surface area contributed by atoms with Crippen LogP contribution in [-0.2, 0) is 19.6 Å². The van der Waals surface area contributed by atoms with E-state index in [0.29, 0.717) is 43.4 Å². The molecule has 166 valence electrons. The molecule has 2 aliphatic heterocycles. The largest absolute Gasteiger partial charge is 0.343 e. The van der Waals surface area contributed by atoms with Crippen molar-refractivity contribution in [1.82, 2.24) is 14.1 Å². The third-order valence-corrected chi connectivity index (χ3v) is 8.42. The lowest BCUT2D eigenvalue weighted by Crippen LogP contribution is -2.50. The molecule has 0 radical (unpaired) electrons. The molecule has 3 rings (SSSR count). The molecule has 0 saturated carbocycles. The van der Waals surface area contributed by atoms with Gasteiger partial charge in [0.2, 0.25) is 21.8 Å². The van der Waals surface area contributed by atoms with Crippen LogP contribution in [0.1, 0.15) is 43.7 Å². The summed E-state index contributed by atoms with van der Waals surface area (Å²) in [5.74, 6) is 0.710. The molecule has 0 unspecified atom stereocenters. The first kappa shape index (κ1) is 22.7. The van der Waals surface area contributed by atoms with Crippen LogP contribution in [-0.4, -0.2) is 73.6 Å². The van der Waals surface area contributed by atoms with Gasteiger partial charge in [0.15, 0.2) is 0 Å². The molecule has 1 aromatic carbocycles. The highest BCUT2D eigenvalue weighted by Crippen LogP contribution is 2.24. The normalized spacial score (nSPS) is 19.2. The van der Waals surface area contributed by atoms with E-state index in [-0.39, 0.29) is 11.8 Å². The van der Waals surface area contributed by atoms with Crippen LogP contribution in [0.4, 0.5) is 0 Å². The Morgan fingerprint density at radius 3 is 2.20 bits per heavy atom. The topological polar surface area (TPSA) is 78.0 Å². The molecule has 2 saturated heterocycles. The number of hydrogen-bond donors (Lipinski definition) is 0. The van der Waals surface area contributed by atoms with E-state index in [4.69, 9.17) is 0 Å². The van der Waals surface area contributed by atoms with E-state index in [1.165, 1.54) is 4.31 Å². The summed E-state index contributed by atoms with van der Waals surface area (Å²) in [6, 6.07) is 5.47. The van der Waals surface area contributed by atoms with Gasteiger partial charge in [-0.3, -0.25) is 9.59 Å². The van der Waals surface area contributed by atoms with Gasteiger partial charge in [-0.1, -0.05) is 12.1 Å².